The molecule has 0 radical (unpaired) electrons. The summed E-state index contributed by atoms with van der Waals surface area (Å²) in [6, 6.07) is 0. The van der Waals surface area contributed by atoms with Crippen LogP contribution in [0.2, 0.25) is 0 Å². The molecule has 0 heterocycles. The zero-order valence-electron chi connectivity index (χ0n) is 9.48. The first-order valence-electron chi connectivity index (χ1n) is 5.24. The highest BCUT2D eigenvalue weighted by Gasteiger charge is 2.14. The van der Waals surface area contributed by atoms with Gasteiger partial charge in [-0.05, 0) is 18.6 Å². The van der Waals surface area contributed by atoms with Gasteiger partial charge in [-0.1, -0.05) is 35.9 Å². The molecule has 0 fully saturated rings. The largest absolute Gasteiger partial charge is 0.463 e. The van der Waals surface area contributed by atoms with Gasteiger partial charge in [0, 0.05) is 17.0 Å². The van der Waals surface area contributed by atoms with Crippen LogP contribution in [0, 0.1) is 0 Å². The molecule has 1 rings (SSSR count). The van der Waals surface area contributed by atoms with Crippen LogP contribution in [0.25, 0.3) is 0 Å². The highest BCUT2D eigenvalue weighted by atomic mass is 35.5. The second-order valence-corrected chi connectivity index (χ2v) is 3.72. The second kappa shape index (κ2) is 6.86. The van der Waals surface area contributed by atoms with Gasteiger partial charge in [0.25, 0.3) is 0 Å². The molecule has 0 bridgehead atoms. The fraction of sp³-hybridized carbons (Fsp3) is 0.231. The summed E-state index contributed by atoms with van der Waals surface area (Å²) in [5.74, 6) is -0.361. The number of hydrogen-bond donors (Lipinski definition) is 0. The Hall–Kier alpha value is -1.61. The van der Waals surface area contributed by atoms with Crippen molar-refractivity contribution < 1.29 is 14.3 Å². The number of halogens is 1. The summed E-state index contributed by atoms with van der Waals surface area (Å²) in [6.45, 7) is 2.08. The molecular formula is C13H13ClO3. The Kier molecular flexibility index (Phi) is 5.43. The molecule has 0 unspecified atom stereocenters. The Morgan fingerprint density at radius 3 is 2.65 bits per heavy atom. The molecule has 0 aromatic rings. The lowest BCUT2D eigenvalue weighted by Crippen LogP contribution is -2.08. The topological polar surface area (TPSA) is 43.4 Å². The van der Waals surface area contributed by atoms with Gasteiger partial charge in [-0.25, -0.2) is 4.79 Å². The third-order valence-electron chi connectivity index (χ3n) is 2.15. The van der Waals surface area contributed by atoms with Crippen LogP contribution in [-0.4, -0.2) is 18.9 Å². The minimum atomic E-state index is -0.361. The first-order valence-corrected chi connectivity index (χ1v) is 5.61. The van der Waals surface area contributed by atoms with Crippen molar-refractivity contribution >= 4 is 23.9 Å². The summed E-state index contributed by atoms with van der Waals surface area (Å²) in [4.78, 5) is 21.9. The molecule has 0 saturated heterocycles. The summed E-state index contributed by atoms with van der Waals surface area (Å²) >= 11 is 5.93. The molecule has 17 heavy (non-hydrogen) atoms. The fourth-order valence-corrected chi connectivity index (χ4v) is 1.54. The van der Waals surface area contributed by atoms with E-state index in [1.54, 1.807) is 31.2 Å². The zero-order chi connectivity index (χ0) is 12.7. The van der Waals surface area contributed by atoms with E-state index >= 15 is 0 Å². The van der Waals surface area contributed by atoms with Crippen LogP contribution < -0.4 is 0 Å². The summed E-state index contributed by atoms with van der Waals surface area (Å²) in [5, 5.41) is 0.335. The number of hydrogen-bond acceptors (Lipinski definition) is 3. The van der Waals surface area contributed by atoms with Gasteiger partial charge < -0.3 is 4.74 Å². The molecule has 0 aliphatic heterocycles. The van der Waals surface area contributed by atoms with Crippen molar-refractivity contribution in [1.29, 1.82) is 0 Å². The summed E-state index contributed by atoms with van der Waals surface area (Å²) in [5.41, 5.74) is 1.23. The average molecular weight is 253 g/mol. The molecule has 0 saturated carbocycles. The third kappa shape index (κ3) is 4.04. The zero-order valence-corrected chi connectivity index (χ0v) is 10.2. The standard InChI is InChI=1S/C13H13ClO3/c1-2-17-13(16)11-6-4-3-5-10(9-11)12(14)7-8-15/h3-8H,2,9H2,1H3/b12-7-. The van der Waals surface area contributed by atoms with E-state index in [9.17, 15) is 9.59 Å². The second-order valence-electron chi connectivity index (χ2n) is 3.32. The van der Waals surface area contributed by atoms with Gasteiger partial charge in [-0.2, -0.15) is 0 Å². The molecule has 0 amide bonds. The highest BCUT2D eigenvalue weighted by molar-refractivity contribution is 6.33. The molecule has 0 aromatic carbocycles. The first-order chi connectivity index (χ1) is 8.19. The van der Waals surface area contributed by atoms with Crippen molar-refractivity contribution in [2.75, 3.05) is 6.61 Å². The smallest absolute Gasteiger partial charge is 0.334 e. The van der Waals surface area contributed by atoms with E-state index in [-0.39, 0.29) is 5.97 Å². The molecule has 3 nitrogen and oxygen atoms in total. The van der Waals surface area contributed by atoms with Crippen molar-refractivity contribution in [3.8, 4) is 0 Å². The number of aldehydes is 1. The summed E-state index contributed by atoms with van der Waals surface area (Å²) in [6.07, 6.45) is 9.19. The quantitative estimate of drug-likeness (QED) is 0.439. The molecule has 0 aromatic heterocycles. The molecule has 1 aliphatic carbocycles. The Balaban J connectivity index is 2.87. The van der Waals surface area contributed by atoms with E-state index in [0.717, 1.165) is 0 Å². The van der Waals surface area contributed by atoms with Crippen LogP contribution in [-0.2, 0) is 14.3 Å². The van der Waals surface area contributed by atoms with Crippen molar-refractivity contribution in [3.05, 3.63) is 46.6 Å². The Morgan fingerprint density at radius 1 is 1.41 bits per heavy atom. The van der Waals surface area contributed by atoms with Crippen LogP contribution in [0.5, 0.6) is 0 Å². The maximum atomic E-state index is 11.6. The van der Waals surface area contributed by atoms with Crippen LogP contribution in [0.3, 0.4) is 0 Å². The van der Waals surface area contributed by atoms with Crippen molar-refractivity contribution in [1.82, 2.24) is 0 Å². The number of ether oxygens (including phenoxy) is 1. The molecule has 0 atom stereocenters. The lowest BCUT2D eigenvalue weighted by atomic mass is 10.1. The van der Waals surface area contributed by atoms with Gasteiger partial charge in [0.1, 0.15) is 6.29 Å². The van der Waals surface area contributed by atoms with Gasteiger partial charge in [-0.15, -0.1) is 0 Å². The van der Waals surface area contributed by atoms with Crippen molar-refractivity contribution in [3.63, 3.8) is 0 Å². The van der Waals surface area contributed by atoms with Gasteiger partial charge in [0.15, 0.2) is 0 Å². The SMILES string of the molecule is CCOC(=O)C1=CC=CC=C(/C(Cl)=C/C=O)C1. The Morgan fingerprint density at radius 2 is 2.06 bits per heavy atom. The number of rotatable bonds is 4. The molecular weight excluding hydrogens is 240 g/mol. The predicted molar refractivity (Wildman–Crippen MR) is 66.6 cm³/mol. The number of carbonyl (C=O) groups excluding carboxylic acids is 2. The minimum absolute atomic E-state index is 0.330. The van der Waals surface area contributed by atoms with Gasteiger partial charge in [-0.3, -0.25) is 4.79 Å². The monoisotopic (exact) mass is 252 g/mol. The van der Waals surface area contributed by atoms with Crippen molar-refractivity contribution in [2.24, 2.45) is 0 Å². The highest BCUT2D eigenvalue weighted by Crippen LogP contribution is 2.24. The van der Waals surface area contributed by atoms with E-state index in [1.807, 2.05) is 0 Å². The Labute approximate surface area is 105 Å². The maximum Gasteiger partial charge on any atom is 0.334 e. The van der Waals surface area contributed by atoms with Gasteiger partial charge in [0.2, 0.25) is 0 Å². The van der Waals surface area contributed by atoms with E-state index in [2.05, 4.69) is 0 Å². The van der Waals surface area contributed by atoms with Crippen LogP contribution >= 0.6 is 11.6 Å². The van der Waals surface area contributed by atoms with Gasteiger partial charge >= 0.3 is 5.97 Å². The third-order valence-corrected chi connectivity index (χ3v) is 2.51. The lowest BCUT2D eigenvalue weighted by Gasteiger charge is -2.07. The van der Waals surface area contributed by atoms with E-state index in [0.29, 0.717) is 35.5 Å². The average Bonchev–Trinajstić information content (AvgIpc) is 2.55. The Bertz CT molecular complexity index is 428. The van der Waals surface area contributed by atoms with E-state index in [4.69, 9.17) is 16.3 Å². The molecule has 4 heteroatoms. The number of allylic oxidation sites excluding steroid dienone is 7. The van der Waals surface area contributed by atoms with Crippen molar-refractivity contribution in [2.45, 2.75) is 13.3 Å². The first kappa shape index (κ1) is 13.5. The lowest BCUT2D eigenvalue weighted by molar-refractivity contribution is -0.138. The normalized spacial score (nSPS) is 15.8. The summed E-state index contributed by atoms with van der Waals surface area (Å²) in [7, 11) is 0. The molecule has 0 N–H and O–H groups in total. The van der Waals surface area contributed by atoms with E-state index < -0.39 is 0 Å². The predicted octanol–water partition coefficient (Wildman–Crippen LogP) is 2.68. The molecule has 0 spiro atoms. The minimum Gasteiger partial charge on any atom is -0.463 e. The molecule has 90 valence electrons. The fourth-order valence-electron chi connectivity index (χ4n) is 1.36. The van der Waals surface area contributed by atoms with Crippen LogP contribution in [0.15, 0.2) is 46.6 Å². The van der Waals surface area contributed by atoms with Crippen LogP contribution in [0.1, 0.15) is 13.3 Å². The van der Waals surface area contributed by atoms with Crippen LogP contribution in [0.4, 0.5) is 0 Å². The number of esters is 1. The number of carbonyl (C=O) groups is 2. The maximum absolute atomic E-state index is 11.6. The van der Waals surface area contributed by atoms with Gasteiger partial charge in [0.05, 0.1) is 6.61 Å². The van der Waals surface area contributed by atoms with E-state index in [1.165, 1.54) is 6.08 Å². The molecule has 1 aliphatic rings. The summed E-state index contributed by atoms with van der Waals surface area (Å²) < 4.78 is 4.92.